The van der Waals surface area contributed by atoms with Gasteiger partial charge in [0.25, 0.3) is 0 Å². The number of rotatable bonds is 4. The number of hydrogen-bond donors (Lipinski definition) is 1. The van der Waals surface area contributed by atoms with E-state index >= 15 is 0 Å². The van der Waals surface area contributed by atoms with Gasteiger partial charge in [0.2, 0.25) is 10.0 Å². The summed E-state index contributed by atoms with van der Waals surface area (Å²) in [4.78, 5) is 0. The van der Waals surface area contributed by atoms with Crippen molar-refractivity contribution in [2.45, 2.75) is 58.0 Å². The maximum atomic E-state index is 11.6. The fourth-order valence-electron chi connectivity index (χ4n) is 3.73. The first-order chi connectivity index (χ1) is 9.36. The van der Waals surface area contributed by atoms with Crippen LogP contribution in [0.3, 0.4) is 0 Å². The SMILES string of the molecule is CC1CCC(C(O)CC2CCCN(S(C)(=O)=O)C2)CC1. The maximum absolute atomic E-state index is 11.6. The Hall–Kier alpha value is -0.130. The molecule has 118 valence electrons. The third-order valence-electron chi connectivity index (χ3n) is 5.13. The highest BCUT2D eigenvalue weighted by atomic mass is 32.2. The van der Waals surface area contributed by atoms with E-state index < -0.39 is 10.0 Å². The Kier molecular flexibility index (Phi) is 5.49. The molecular formula is C15H29NO3S. The van der Waals surface area contributed by atoms with Crippen molar-refractivity contribution in [3.63, 3.8) is 0 Å². The van der Waals surface area contributed by atoms with E-state index in [0.29, 0.717) is 24.9 Å². The van der Waals surface area contributed by atoms with Gasteiger partial charge in [0.15, 0.2) is 0 Å². The van der Waals surface area contributed by atoms with E-state index in [1.807, 2.05) is 0 Å². The van der Waals surface area contributed by atoms with Gasteiger partial charge in [0, 0.05) is 13.1 Å². The molecule has 0 bridgehead atoms. The van der Waals surface area contributed by atoms with E-state index in [-0.39, 0.29) is 6.10 Å². The minimum atomic E-state index is -3.08. The molecule has 0 amide bonds. The third-order valence-corrected chi connectivity index (χ3v) is 6.40. The molecule has 1 N–H and O–H groups in total. The molecule has 2 fully saturated rings. The molecule has 1 saturated carbocycles. The maximum Gasteiger partial charge on any atom is 0.211 e. The summed E-state index contributed by atoms with van der Waals surface area (Å²) in [7, 11) is -3.08. The van der Waals surface area contributed by atoms with E-state index in [1.165, 1.54) is 19.1 Å². The molecule has 5 heteroatoms. The summed E-state index contributed by atoms with van der Waals surface area (Å²) in [6.07, 6.45) is 8.49. The Morgan fingerprint density at radius 1 is 1.20 bits per heavy atom. The van der Waals surface area contributed by atoms with Gasteiger partial charge in [-0.15, -0.1) is 0 Å². The number of nitrogens with zero attached hydrogens (tertiary/aromatic N) is 1. The van der Waals surface area contributed by atoms with Crippen LogP contribution in [-0.4, -0.2) is 43.3 Å². The molecule has 0 radical (unpaired) electrons. The summed E-state index contributed by atoms with van der Waals surface area (Å²) < 4.78 is 24.8. The van der Waals surface area contributed by atoms with Crippen molar-refractivity contribution in [2.75, 3.05) is 19.3 Å². The lowest BCUT2D eigenvalue weighted by atomic mass is 9.77. The van der Waals surface area contributed by atoms with Gasteiger partial charge in [-0.25, -0.2) is 12.7 Å². The number of hydrogen-bond acceptors (Lipinski definition) is 3. The Balaban J connectivity index is 1.83. The highest BCUT2D eigenvalue weighted by molar-refractivity contribution is 7.88. The summed E-state index contributed by atoms with van der Waals surface area (Å²) in [5.74, 6) is 1.56. The number of aliphatic hydroxyl groups excluding tert-OH is 1. The molecule has 0 aromatic heterocycles. The number of sulfonamides is 1. The van der Waals surface area contributed by atoms with Crippen molar-refractivity contribution in [3.05, 3.63) is 0 Å². The second-order valence-corrected chi connectivity index (χ2v) is 8.93. The van der Waals surface area contributed by atoms with Crippen molar-refractivity contribution in [1.29, 1.82) is 0 Å². The molecular weight excluding hydrogens is 274 g/mol. The van der Waals surface area contributed by atoms with Crippen molar-refractivity contribution >= 4 is 10.0 Å². The normalized spacial score (nSPS) is 34.9. The highest BCUT2D eigenvalue weighted by Gasteiger charge is 2.30. The smallest absolute Gasteiger partial charge is 0.211 e. The Bertz CT molecular complexity index is 401. The van der Waals surface area contributed by atoms with Crippen molar-refractivity contribution < 1.29 is 13.5 Å². The first kappa shape index (κ1) is 16.2. The minimum Gasteiger partial charge on any atom is -0.393 e. The van der Waals surface area contributed by atoms with Crippen LogP contribution in [0.15, 0.2) is 0 Å². The molecule has 4 nitrogen and oxygen atoms in total. The average molecular weight is 303 g/mol. The third kappa shape index (κ3) is 4.43. The molecule has 0 aromatic carbocycles. The van der Waals surface area contributed by atoms with Gasteiger partial charge in [-0.2, -0.15) is 0 Å². The Morgan fingerprint density at radius 3 is 2.45 bits per heavy atom. The fourth-order valence-corrected chi connectivity index (χ4v) is 4.67. The minimum absolute atomic E-state index is 0.244. The molecule has 2 atom stereocenters. The Labute approximate surface area is 123 Å². The predicted octanol–water partition coefficient (Wildman–Crippen LogP) is 2.24. The van der Waals surface area contributed by atoms with Crippen LogP contribution in [0.1, 0.15) is 51.9 Å². The van der Waals surface area contributed by atoms with Gasteiger partial charge in [-0.05, 0) is 49.9 Å². The average Bonchev–Trinajstić information content (AvgIpc) is 2.38. The van der Waals surface area contributed by atoms with Gasteiger partial charge in [-0.1, -0.05) is 19.8 Å². The van der Waals surface area contributed by atoms with Crippen LogP contribution in [-0.2, 0) is 10.0 Å². The predicted molar refractivity (Wildman–Crippen MR) is 80.9 cm³/mol. The van der Waals surface area contributed by atoms with E-state index in [4.69, 9.17) is 0 Å². The molecule has 0 aromatic rings. The molecule has 2 unspecified atom stereocenters. The molecule has 0 spiro atoms. The standard InChI is InChI=1S/C15H29NO3S/c1-12-5-7-14(8-6-12)15(17)10-13-4-3-9-16(11-13)20(2,18)19/h12-15,17H,3-11H2,1-2H3. The lowest BCUT2D eigenvalue weighted by molar-refractivity contribution is 0.0467. The van der Waals surface area contributed by atoms with Crippen LogP contribution in [0, 0.1) is 17.8 Å². The summed E-state index contributed by atoms with van der Waals surface area (Å²) in [5.41, 5.74) is 0. The number of aliphatic hydroxyl groups is 1. The van der Waals surface area contributed by atoms with Gasteiger partial charge < -0.3 is 5.11 Å². The van der Waals surface area contributed by atoms with E-state index in [9.17, 15) is 13.5 Å². The van der Waals surface area contributed by atoms with Crippen LogP contribution in [0.4, 0.5) is 0 Å². The zero-order chi connectivity index (χ0) is 14.8. The number of piperidine rings is 1. The van der Waals surface area contributed by atoms with Crippen LogP contribution >= 0.6 is 0 Å². The van der Waals surface area contributed by atoms with Crippen molar-refractivity contribution in [2.24, 2.45) is 17.8 Å². The molecule has 2 rings (SSSR count). The van der Waals surface area contributed by atoms with E-state index in [2.05, 4.69) is 6.92 Å². The fraction of sp³-hybridized carbons (Fsp3) is 1.00. The summed E-state index contributed by atoms with van der Waals surface area (Å²) >= 11 is 0. The molecule has 2 aliphatic rings. The monoisotopic (exact) mass is 303 g/mol. The van der Waals surface area contributed by atoms with Gasteiger partial charge in [0.1, 0.15) is 0 Å². The van der Waals surface area contributed by atoms with Gasteiger partial charge in [-0.3, -0.25) is 0 Å². The summed E-state index contributed by atoms with van der Waals surface area (Å²) in [6.45, 7) is 3.53. The lowest BCUT2D eigenvalue weighted by Gasteiger charge is -2.35. The van der Waals surface area contributed by atoms with E-state index in [0.717, 1.165) is 38.0 Å². The first-order valence-corrected chi connectivity index (χ1v) is 9.84. The molecule has 1 heterocycles. The summed E-state index contributed by atoms with van der Waals surface area (Å²) in [6, 6.07) is 0. The van der Waals surface area contributed by atoms with Crippen molar-refractivity contribution in [1.82, 2.24) is 4.31 Å². The van der Waals surface area contributed by atoms with Crippen LogP contribution < -0.4 is 0 Å². The molecule has 1 saturated heterocycles. The summed E-state index contributed by atoms with van der Waals surface area (Å²) in [5, 5.41) is 10.4. The van der Waals surface area contributed by atoms with Gasteiger partial charge >= 0.3 is 0 Å². The topological polar surface area (TPSA) is 57.6 Å². The zero-order valence-corrected chi connectivity index (χ0v) is 13.6. The molecule has 1 aliphatic carbocycles. The molecule has 20 heavy (non-hydrogen) atoms. The Morgan fingerprint density at radius 2 is 1.85 bits per heavy atom. The van der Waals surface area contributed by atoms with Crippen molar-refractivity contribution in [3.8, 4) is 0 Å². The quantitative estimate of drug-likeness (QED) is 0.866. The van der Waals surface area contributed by atoms with Crippen LogP contribution in [0.25, 0.3) is 0 Å². The largest absolute Gasteiger partial charge is 0.393 e. The highest BCUT2D eigenvalue weighted by Crippen LogP contribution is 2.33. The van der Waals surface area contributed by atoms with Gasteiger partial charge in [0.05, 0.1) is 12.4 Å². The van der Waals surface area contributed by atoms with Crippen LogP contribution in [0.2, 0.25) is 0 Å². The van der Waals surface area contributed by atoms with Crippen LogP contribution in [0.5, 0.6) is 0 Å². The second-order valence-electron chi connectivity index (χ2n) is 6.95. The molecule has 1 aliphatic heterocycles. The zero-order valence-electron chi connectivity index (χ0n) is 12.8. The lowest BCUT2D eigenvalue weighted by Crippen LogP contribution is -2.41. The second kappa shape index (κ2) is 6.75. The first-order valence-electron chi connectivity index (χ1n) is 7.99. The van der Waals surface area contributed by atoms with E-state index in [1.54, 1.807) is 4.31 Å².